The largest absolute Gasteiger partial charge is 0.453 e. The summed E-state index contributed by atoms with van der Waals surface area (Å²) in [6.07, 6.45) is 0. The van der Waals surface area contributed by atoms with Crippen molar-refractivity contribution >= 4 is 44.9 Å². The summed E-state index contributed by atoms with van der Waals surface area (Å²) in [6.45, 7) is 0. The Labute approximate surface area is 290 Å². The molecule has 3 nitrogen and oxygen atoms in total. The highest BCUT2D eigenvalue weighted by Gasteiger charge is 2.53. The zero-order valence-corrected chi connectivity index (χ0v) is 27.1. The fraction of sp³-hybridized carbons (Fsp3) is 0.0213. The molecule has 0 saturated heterocycles. The van der Waals surface area contributed by atoms with Crippen LogP contribution in [0.2, 0.25) is 0 Å². The number of ether oxygens (including phenoxy) is 1. The molecule has 1 aliphatic carbocycles. The molecule has 2 aliphatic heterocycles. The van der Waals surface area contributed by atoms with E-state index in [-0.39, 0.29) is 0 Å². The average molecular weight is 639 g/mol. The van der Waals surface area contributed by atoms with Crippen LogP contribution in [-0.4, -0.2) is 0 Å². The molecule has 3 heteroatoms. The highest BCUT2D eigenvalue weighted by Crippen LogP contribution is 2.67. The van der Waals surface area contributed by atoms with Gasteiger partial charge in [-0.05, 0) is 93.4 Å². The zero-order chi connectivity index (χ0) is 32.8. The Kier molecular flexibility index (Phi) is 5.59. The molecule has 1 atom stereocenters. The molecule has 1 unspecified atom stereocenters. The molecule has 0 saturated carbocycles. The first-order chi connectivity index (χ1) is 24.8. The number of para-hydroxylation sites is 5. The summed E-state index contributed by atoms with van der Waals surface area (Å²) >= 11 is 0. The van der Waals surface area contributed by atoms with E-state index < -0.39 is 5.41 Å². The van der Waals surface area contributed by atoms with Crippen molar-refractivity contribution in [3.63, 3.8) is 0 Å². The molecule has 0 amide bonds. The van der Waals surface area contributed by atoms with Crippen LogP contribution in [0.15, 0.2) is 182 Å². The second-order valence-corrected chi connectivity index (χ2v) is 13.3. The second kappa shape index (κ2) is 10.2. The zero-order valence-electron chi connectivity index (χ0n) is 27.1. The van der Waals surface area contributed by atoms with Crippen molar-refractivity contribution in [2.24, 2.45) is 0 Å². The fourth-order valence-electron chi connectivity index (χ4n) is 8.88. The lowest BCUT2D eigenvalue weighted by Gasteiger charge is -2.47. The molecule has 2 heterocycles. The van der Waals surface area contributed by atoms with E-state index in [2.05, 4.69) is 186 Å². The van der Waals surface area contributed by atoms with Gasteiger partial charge in [-0.15, -0.1) is 0 Å². The van der Waals surface area contributed by atoms with Gasteiger partial charge >= 0.3 is 0 Å². The molecule has 3 aliphatic rings. The van der Waals surface area contributed by atoms with Gasteiger partial charge < -0.3 is 14.5 Å². The van der Waals surface area contributed by atoms with Crippen LogP contribution < -0.4 is 14.5 Å². The molecular weight excluding hydrogens is 609 g/mol. The van der Waals surface area contributed by atoms with E-state index in [0.717, 1.165) is 39.9 Å². The third-order valence-electron chi connectivity index (χ3n) is 10.8. The maximum absolute atomic E-state index is 6.69. The molecule has 0 aromatic heterocycles. The van der Waals surface area contributed by atoms with Gasteiger partial charge in [-0.25, -0.2) is 0 Å². The molecule has 234 valence electrons. The van der Waals surface area contributed by atoms with Gasteiger partial charge in [0.1, 0.15) is 0 Å². The van der Waals surface area contributed by atoms with Gasteiger partial charge in [0.05, 0.1) is 28.2 Å². The molecule has 0 fully saturated rings. The van der Waals surface area contributed by atoms with Crippen molar-refractivity contribution in [2.75, 3.05) is 9.80 Å². The number of anilines is 6. The first-order valence-corrected chi connectivity index (χ1v) is 17.2. The number of rotatable bonds is 3. The van der Waals surface area contributed by atoms with Gasteiger partial charge in [0.2, 0.25) is 0 Å². The van der Waals surface area contributed by atoms with Gasteiger partial charge in [0.25, 0.3) is 0 Å². The Balaban J connectivity index is 1.24. The molecule has 0 N–H and O–H groups in total. The second-order valence-electron chi connectivity index (χ2n) is 13.3. The molecule has 0 radical (unpaired) electrons. The Hall–Kier alpha value is -6.58. The molecular formula is C47H30N2O. The van der Waals surface area contributed by atoms with Crippen LogP contribution in [0.25, 0.3) is 21.9 Å². The maximum Gasteiger partial charge on any atom is 0.151 e. The summed E-state index contributed by atoms with van der Waals surface area (Å²) in [6, 6.07) is 66.0. The Morgan fingerprint density at radius 2 is 1.10 bits per heavy atom. The van der Waals surface area contributed by atoms with Crippen LogP contribution in [-0.2, 0) is 5.41 Å². The van der Waals surface area contributed by atoms with E-state index in [1.807, 2.05) is 6.07 Å². The van der Waals surface area contributed by atoms with Crippen molar-refractivity contribution in [2.45, 2.75) is 5.41 Å². The van der Waals surface area contributed by atoms with Crippen molar-refractivity contribution in [1.29, 1.82) is 0 Å². The van der Waals surface area contributed by atoms with Crippen LogP contribution in [0.4, 0.5) is 34.1 Å². The van der Waals surface area contributed by atoms with E-state index in [4.69, 9.17) is 4.74 Å². The summed E-state index contributed by atoms with van der Waals surface area (Å²) in [7, 11) is 0. The van der Waals surface area contributed by atoms with E-state index in [0.29, 0.717) is 0 Å². The topological polar surface area (TPSA) is 15.7 Å². The first kappa shape index (κ1) is 27.4. The standard InChI is InChI=1S/C47H30N2O/c1-2-16-32(17-3-1)48(41-25-12-15-31-14-4-5-18-34(31)41)33-28-29-36-35-19-6-7-20-37(35)47(40(36)30-33)38-21-8-9-23-42(38)49-43-24-10-11-26-44(43)50-45-27-13-22-39(47)46(45)49/h1-30H. The van der Waals surface area contributed by atoms with Crippen LogP contribution >= 0.6 is 0 Å². The lowest BCUT2D eigenvalue weighted by atomic mass is 9.64. The first-order valence-electron chi connectivity index (χ1n) is 17.2. The predicted molar refractivity (Wildman–Crippen MR) is 204 cm³/mol. The van der Waals surface area contributed by atoms with E-state index in [1.165, 1.54) is 49.8 Å². The molecule has 1 spiro atoms. The minimum absolute atomic E-state index is 0.572. The molecule has 8 aromatic carbocycles. The summed E-state index contributed by atoms with van der Waals surface area (Å²) in [5, 5.41) is 2.43. The number of hydrogen-bond acceptors (Lipinski definition) is 3. The van der Waals surface area contributed by atoms with Crippen molar-refractivity contribution in [3.05, 3.63) is 204 Å². The van der Waals surface area contributed by atoms with Crippen molar-refractivity contribution in [3.8, 4) is 22.6 Å². The van der Waals surface area contributed by atoms with Crippen LogP contribution in [0.3, 0.4) is 0 Å². The smallest absolute Gasteiger partial charge is 0.151 e. The summed E-state index contributed by atoms with van der Waals surface area (Å²) in [5.74, 6) is 1.74. The molecule has 0 bridgehead atoms. The molecule has 50 heavy (non-hydrogen) atoms. The summed E-state index contributed by atoms with van der Waals surface area (Å²) in [4.78, 5) is 4.83. The summed E-state index contributed by atoms with van der Waals surface area (Å²) < 4.78 is 6.69. The molecule has 11 rings (SSSR count). The van der Waals surface area contributed by atoms with Gasteiger partial charge in [-0.3, -0.25) is 0 Å². The molecule has 8 aromatic rings. The Morgan fingerprint density at radius 1 is 0.440 bits per heavy atom. The van der Waals surface area contributed by atoms with Crippen molar-refractivity contribution in [1.82, 2.24) is 0 Å². The van der Waals surface area contributed by atoms with Gasteiger partial charge in [-0.2, -0.15) is 0 Å². The minimum atomic E-state index is -0.572. The predicted octanol–water partition coefficient (Wildman–Crippen LogP) is 12.6. The van der Waals surface area contributed by atoms with E-state index in [9.17, 15) is 0 Å². The van der Waals surface area contributed by atoms with E-state index >= 15 is 0 Å². The van der Waals surface area contributed by atoms with Gasteiger partial charge in [0, 0.05) is 16.8 Å². The highest BCUT2D eigenvalue weighted by atomic mass is 16.5. The Bertz CT molecular complexity index is 2660. The third-order valence-corrected chi connectivity index (χ3v) is 10.8. The fourth-order valence-corrected chi connectivity index (χ4v) is 8.88. The number of fused-ring (bicyclic) bond motifs is 12. The average Bonchev–Trinajstić information content (AvgIpc) is 3.47. The van der Waals surface area contributed by atoms with Crippen LogP contribution in [0.1, 0.15) is 22.3 Å². The number of nitrogens with zero attached hydrogens (tertiary/aromatic N) is 2. The van der Waals surface area contributed by atoms with Gasteiger partial charge in [-0.1, -0.05) is 127 Å². The lowest BCUT2D eigenvalue weighted by molar-refractivity contribution is 0.473. The Morgan fingerprint density at radius 3 is 2.02 bits per heavy atom. The number of hydrogen-bond donors (Lipinski definition) is 0. The van der Waals surface area contributed by atoms with Crippen LogP contribution in [0.5, 0.6) is 11.5 Å². The highest BCUT2D eigenvalue weighted by molar-refractivity contribution is 6.02. The van der Waals surface area contributed by atoms with Gasteiger partial charge in [0.15, 0.2) is 11.5 Å². The maximum atomic E-state index is 6.69. The van der Waals surface area contributed by atoms with Crippen molar-refractivity contribution < 1.29 is 4.74 Å². The van der Waals surface area contributed by atoms with E-state index in [1.54, 1.807) is 0 Å². The third kappa shape index (κ3) is 3.53. The SMILES string of the molecule is c1ccc(N(c2ccc3c(c2)C2(c4ccccc4-3)c3ccccc3N3c4ccccc4Oc4cccc2c43)c2cccc3ccccc23)cc1. The lowest BCUT2D eigenvalue weighted by Crippen LogP contribution is -2.37. The monoisotopic (exact) mass is 638 g/mol. The number of benzene rings is 8. The summed E-state index contributed by atoms with van der Waals surface area (Å²) in [5.41, 5.74) is 13.7. The minimum Gasteiger partial charge on any atom is -0.453 e. The van der Waals surface area contributed by atoms with Crippen LogP contribution in [0, 0.1) is 0 Å². The normalized spacial score (nSPS) is 15.8. The quantitative estimate of drug-likeness (QED) is 0.191.